The number of rotatable bonds is 4. The minimum atomic E-state index is -0.126. The molecule has 2 aromatic carbocycles. The van der Waals surface area contributed by atoms with Crippen molar-refractivity contribution in [2.45, 2.75) is 20.3 Å². The maximum absolute atomic E-state index is 12.3. The Morgan fingerprint density at radius 3 is 2.68 bits per heavy atom. The predicted octanol–water partition coefficient (Wildman–Crippen LogP) is 3.33. The zero-order valence-corrected chi connectivity index (χ0v) is 14.5. The molecule has 0 aliphatic heterocycles. The summed E-state index contributed by atoms with van der Waals surface area (Å²) in [4.78, 5) is 27.1. The summed E-state index contributed by atoms with van der Waals surface area (Å²) in [7, 11) is 1.60. The van der Waals surface area contributed by atoms with Gasteiger partial charge in [0.1, 0.15) is 5.75 Å². The maximum Gasteiger partial charge on any atom is 0.251 e. The van der Waals surface area contributed by atoms with Crippen molar-refractivity contribution >= 4 is 22.5 Å². The highest BCUT2D eigenvalue weighted by atomic mass is 16.5. The molecule has 0 unspecified atom stereocenters. The quantitative estimate of drug-likeness (QED) is 0.767. The van der Waals surface area contributed by atoms with Gasteiger partial charge in [0.2, 0.25) is 5.91 Å². The van der Waals surface area contributed by atoms with Crippen molar-refractivity contribution in [1.29, 1.82) is 0 Å². The molecule has 0 saturated heterocycles. The minimum absolute atomic E-state index is 0.107. The topological polar surface area (TPSA) is 71.2 Å². The number of pyridine rings is 1. The highest BCUT2D eigenvalue weighted by Gasteiger charge is 2.08. The van der Waals surface area contributed by atoms with E-state index in [-0.39, 0.29) is 17.9 Å². The van der Waals surface area contributed by atoms with Crippen molar-refractivity contribution in [3.63, 3.8) is 0 Å². The first-order chi connectivity index (χ1) is 12.0. The van der Waals surface area contributed by atoms with Crippen LogP contribution in [0.5, 0.6) is 5.75 Å². The fourth-order valence-corrected chi connectivity index (χ4v) is 2.81. The monoisotopic (exact) mass is 336 g/mol. The number of methoxy groups -OCH3 is 1. The highest BCUT2D eigenvalue weighted by molar-refractivity contribution is 5.95. The second-order valence-electron chi connectivity index (χ2n) is 6.04. The van der Waals surface area contributed by atoms with Gasteiger partial charge in [-0.25, -0.2) is 0 Å². The average Bonchev–Trinajstić information content (AvgIpc) is 2.59. The molecule has 2 N–H and O–H groups in total. The summed E-state index contributed by atoms with van der Waals surface area (Å²) in [5.74, 6) is 0.596. The number of ether oxygens (including phenoxy) is 1. The van der Waals surface area contributed by atoms with Crippen LogP contribution in [0, 0.1) is 13.8 Å². The van der Waals surface area contributed by atoms with Crippen LogP contribution in [0.4, 0.5) is 5.69 Å². The molecule has 25 heavy (non-hydrogen) atoms. The zero-order valence-electron chi connectivity index (χ0n) is 14.5. The molecular weight excluding hydrogens is 316 g/mol. The first kappa shape index (κ1) is 16.8. The third kappa shape index (κ3) is 3.55. The molecule has 0 aliphatic carbocycles. The third-order valence-electron chi connectivity index (χ3n) is 4.36. The molecule has 1 aromatic heterocycles. The lowest BCUT2D eigenvalue weighted by atomic mass is 10.1. The SMILES string of the molecule is COc1cccc(CC(=O)Nc2ccc3c(C)c(C)c(=O)[nH]c3c2)c1. The number of hydrogen-bond donors (Lipinski definition) is 2. The number of aromatic nitrogens is 1. The number of amides is 1. The van der Waals surface area contributed by atoms with E-state index in [9.17, 15) is 9.59 Å². The van der Waals surface area contributed by atoms with Gasteiger partial charge >= 0.3 is 0 Å². The second-order valence-corrected chi connectivity index (χ2v) is 6.04. The fourth-order valence-electron chi connectivity index (χ4n) is 2.81. The van der Waals surface area contributed by atoms with E-state index in [1.165, 1.54) is 0 Å². The number of carbonyl (C=O) groups excluding carboxylic acids is 1. The van der Waals surface area contributed by atoms with E-state index < -0.39 is 0 Å². The van der Waals surface area contributed by atoms with Gasteiger partial charge in [0.25, 0.3) is 5.56 Å². The molecule has 0 aliphatic rings. The second kappa shape index (κ2) is 6.81. The van der Waals surface area contributed by atoms with Gasteiger partial charge in [0.05, 0.1) is 19.0 Å². The molecule has 0 radical (unpaired) electrons. The Labute approximate surface area is 145 Å². The van der Waals surface area contributed by atoms with Crippen LogP contribution in [0.25, 0.3) is 10.9 Å². The minimum Gasteiger partial charge on any atom is -0.497 e. The van der Waals surface area contributed by atoms with Gasteiger partial charge in [0, 0.05) is 16.6 Å². The van der Waals surface area contributed by atoms with E-state index in [0.29, 0.717) is 16.8 Å². The van der Waals surface area contributed by atoms with Crippen LogP contribution in [0.2, 0.25) is 0 Å². The number of aryl methyl sites for hydroxylation is 1. The average molecular weight is 336 g/mol. The molecule has 3 aromatic rings. The van der Waals surface area contributed by atoms with Crippen LogP contribution >= 0.6 is 0 Å². The van der Waals surface area contributed by atoms with Gasteiger partial charge in [-0.2, -0.15) is 0 Å². The fraction of sp³-hybridized carbons (Fsp3) is 0.200. The Bertz CT molecular complexity index is 1010. The van der Waals surface area contributed by atoms with Crippen LogP contribution in [-0.2, 0) is 11.2 Å². The van der Waals surface area contributed by atoms with Crippen LogP contribution < -0.4 is 15.6 Å². The Hall–Kier alpha value is -3.08. The van der Waals surface area contributed by atoms with E-state index in [2.05, 4.69) is 10.3 Å². The van der Waals surface area contributed by atoms with Crippen molar-refractivity contribution in [2.75, 3.05) is 12.4 Å². The molecule has 0 spiro atoms. The van der Waals surface area contributed by atoms with E-state index in [1.54, 1.807) is 20.1 Å². The number of aromatic amines is 1. The van der Waals surface area contributed by atoms with Gasteiger partial charge in [-0.1, -0.05) is 18.2 Å². The molecule has 5 nitrogen and oxygen atoms in total. The number of hydrogen-bond acceptors (Lipinski definition) is 3. The van der Waals surface area contributed by atoms with Gasteiger partial charge in [-0.05, 0) is 49.2 Å². The van der Waals surface area contributed by atoms with Crippen molar-refractivity contribution < 1.29 is 9.53 Å². The van der Waals surface area contributed by atoms with Crippen LogP contribution in [0.1, 0.15) is 16.7 Å². The number of fused-ring (bicyclic) bond motifs is 1. The van der Waals surface area contributed by atoms with Gasteiger partial charge in [-0.15, -0.1) is 0 Å². The summed E-state index contributed by atoms with van der Waals surface area (Å²) in [6.07, 6.45) is 0.249. The van der Waals surface area contributed by atoms with Gasteiger partial charge in [-0.3, -0.25) is 9.59 Å². The van der Waals surface area contributed by atoms with Crippen LogP contribution in [-0.4, -0.2) is 18.0 Å². The normalized spacial score (nSPS) is 10.7. The molecule has 1 heterocycles. The van der Waals surface area contributed by atoms with E-state index in [4.69, 9.17) is 4.74 Å². The van der Waals surface area contributed by atoms with Crippen molar-refractivity contribution in [3.8, 4) is 5.75 Å². The summed E-state index contributed by atoms with van der Waals surface area (Å²) < 4.78 is 5.17. The van der Waals surface area contributed by atoms with Crippen molar-refractivity contribution in [2.24, 2.45) is 0 Å². The first-order valence-electron chi connectivity index (χ1n) is 8.04. The molecular formula is C20H20N2O3. The lowest BCUT2D eigenvalue weighted by Crippen LogP contribution is -2.15. The number of carbonyl (C=O) groups is 1. The van der Waals surface area contributed by atoms with E-state index in [0.717, 1.165) is 22.3 Å². The molecule has 0 saturated carbocycles. The van der Waals surface area contributed by atoms with Gasteiger partial charge < -0.3 is 15.0 Å². The largest absolute Gasteiger partial charge is 0.497 e. The summed E-state index contributed by atoms with van der Waals surface area (Å²) in [5.41, 5.74) is 3.80. The molecule has 5 heteroatoms. The summed E-state index contributed by atoms with van der Waals surface area (Å²) in [5, 5.41) is 3.85. The first-order valence-corrected chi connectivity index (χ1v) is 8.04. The number of anilines is 1. The lowest BCUT2D eigenvalue weighted by Gasteiger charge is -2.09. The maximum atomic E-state index is 12.3. The Morgan fingerprint density at radius 1 is 1.12 bits per heavy atom. The molecule has 1 amide bonds. The summed E-state index contributed by atoms with van der Waals surface area (Å²) in [6, 6.07) is 13.0. The van der Waals surface area contributed by atoms with Crippen LogP contribution in [0.3, 0.4) is 0 Å². The molecule has 3 rings (SSSR count). The Balaban J connectivity index is 1.81. The number of benzene rings is 2. The third-order valence-corrected chi connectivity index (χ3v) is 4.36. The highest BCUT2D eigenvalue weighted by Crippen LogP contribution is 2.21. The molecule has 128 valence electrons. The van der Waals surface area contributed by atoms with E-state index in [1.807, 2.05) is 43.3 Å². The smallest absolute Gasteiger partial charge is 0.251 e. The number of H-pyrrole nitrogens is 1. The Kier molecular flexibility index (Phi) is 4.57. The van der Waals surface area contributed by atoms with E-state index >= 15 is 0 Å². The number of nitrogens with one attached hydrogen (secondary N) is 2. The standard InChI is InChI=1S/C20H20N2O3/c1-12-13(2)20(24)22-18-11-15(7-8-17(12)18)21-19(23)10-14-5-4-6-16(9-14)25-3/h4-9,11H,10H2,1-3H3,(H,21,23)(H,22,24). The van der Waals surface area contributed by atoms with Crippen molar-refractivity contribution in [1.82, 2.24) is 4.98 Å². The van der Waals surface area contributed by atoms with Crippen LogP contribution in [0.15, 0.2) is 47.3 Å². The Morgan fingerprint density at radius 2 is 1.92 bits per heavy atom. The molecule has 0 bridgehead atoms. The van der Waals surface area contributed by atoms with Crippen molar-refractivity contribution in [3.05, 3.63) is 69.5 Å². The summed E-state index contributed by atoms with van der Waals surface area (Å²) >= 11 is 0. The molecule has 0 fully saturated rings. The predicted molar refractivity (Wildman–Crippen MR) is 99.4 cm³/mol. The lowest BCUT2D eigenvalue weighted by molar-refractivity contribution is -0.115. The van der Waals surface area contributed by atoms with Gasteiger partial charge in [0.15, 0.2) is 0 Å². The zero-order chi connectivity index (χ0) is 18.0. The molecule has 0 atom stereocenters. The summed E-state index contributed by atoms with van der Waals surface area (Å²) in [6.45, 7) is 3.73.